The molecule has 2 aromatic carbocycles. The lowest BCUT2D eigenvalue weighted by Crippen LogP contribution is -2.15. The molecule has 154 valence electrons. The number of nitrogens with one attached hydrogen (secondary N) is 1. The summed E-state index contributed by atoms with van der Waals surface area (Å²) < 4.78 is 33.9. The first-order chi connectivity index (χ1) is 14.1. The van der Waals surface area contributed by atoms with Crippen LogP contribution in [-0.4, -0.2) is 13.4 Å². The molecule has 0 radical (unpaired) electrons. The number of hydrogen-bond donors (Lipinski definition) is 1. The molecule has 0 saturated heterocycles. The summed E-state index contributed by atoms with van der Waals surface area (Å²) in [6.07, 6.45) is 1.54. The molecule has 0 aliphatic heterocycles. The second-order valence-electron chi connectivity index (χ2n) is 7.93. The Morgan fingerprint density at radius 3 is 2.37 bits per heavy atom. The van der Waals surface area contributed by atoms with E-state index in [0.717, 1.165) is 5.56 Å². The van der Waals surface area contributed by atoms with Gasteiger partial charge in [0.15, 0.2) is 0 Å². The van der Waals surface area contributed by atoms with Crippen LogP contribution in [0.1, 0.15) is 37.5 Å². The highest BCUT2D eigenvalue weighted by atomic mass is 32.2. The van der Waals surface area contributed by atoms with E-state index in [9.17, 15) is 8.42 Å². The highest BCUT2D eigenvalue weighted by molar-refractivity contribution is 7.92. The zero-order chi connectivity index (χ0) is 21.9. The van der Waals surface area contributed by atoms with Gasteiger partial charge >= 0.3 is 0 Å². The molecule has 7 heteroatoms. The number of benzene rings is 2. The van der Waals surface area contributed by atoms with Gasteiger partial charge in [-0.1, -0.05) is 32.9 Å². The molecule has 0 amide bonds. The minimum Gasteiger partial charge on any atom is -0.438 e. The van der Waals surface area contributed by atoms with Gasteiger partial charge in [0, 0.05) is 6.20 Å². The molecule has 0 atom stereocenters. The summed E-state index contributed by atoms with van der Waals surface area (Å²) >= 11 is 0. The first-order valence-corrected chi connectivity index (χ1v) is 10.9. The molecule has 0 unspecified atom stereocenters. The lowest BCUT2D eigenvalue weighted by atomic mass is 9.87. The third-order valence-corrected chi connectivity index (χ3v) is 5.96. The Morgan fingerprint density at radius 1 is 1.07 bits per heavy atom. The van der Waals surface area contributed by atoms with Crippen LogP contribution in [0.25, 0.3) is 0 Å². The van der Waals surface area contributed by atoms with Gasteiger partial charge in [0.1, 0.15) is 17.4 Å². The molecule has 30 heavy (non-hydrogen) atoms. The highest BCUT2D eigenvalue weighted by Crippen LogP contribution is 2.29. The van der Waals surface area contributed by atoms with E-state index in [-0.39, 0.29) is 16.2 Å². The van der Waals surface area contributed by atoms with Crippen molar-refractivity contribution in [1.82, 2.24) is 4.98 Å². The maximum absolute atomic E-state index is 12.8. The third-order valence-electron chi connectivity index (χ3n) is 4.58. The molecule has 1 N–H and O–H groups in total. The smallest absolute Gasteiger partial charge is 0.261 e. The van der Waals surface area contributed by atoms with E-state index in [4.69, 9.17) is 10.00 Å². The summed E-state index contributed by atoms with van der Waals surface area (Å²) in [5, 5.41) is 9.15. The van der Waals surface area contributed by atoms with E-state index >= 15 is 0 Å². The molecule has 3 aromatic rings. The third kappa shape index (κ3) is 4.78. The predicted octanol–water partition coefficient (Wildman–Crippen LogP) is 5.15. The summed E-state index contributed by atoms with van der Waals surface area (Å²) in [5.74, 6) is 0.659. The van der Waals surface area contributed by atoms with Crippen LogP contribution in [-0.2, 0) is 15.4 Å². The van der Waals surface area contributed by atoms with Gasteiger partial charge in [0.2, 0.25) is 5.88 Å². The van der Waals surface area contributed by atoms with Crippen LogP contribution in [0.15, 0.2) is 65.7 Å². The molecule has 0 aliphatic rings. The van der Waals surface area contributed by atoms with Crippen molar-refractivity contribution < 1.29 is 13.2 Å². The second-order valence-corrected chi connectivity index (χ2v) is 9.61. The van der Waals surface area contributed by atoms with Crippen LogP contribution in [0.4, 0.5) is 5.69 Å². The zero-order valence-corrected chi connectivity index (χ0v) is 18.1. The lowest BCUT2D eigenvalue weighted by molar-refractivity contribution is 0.461. The Balaban J connectivity index is 1.81. The molecule has 1 heterocycles. The van der Waals surface area contributed by atoms with Gasteiger partial charge in [0.05, 0.1) is 10.6 Å². The van der Waals surface area contributed by atoms with Gasteiger partial charge in [0.25, 0.3) is 10.0 Å². The number of rotatable bonds is 5. The van der Waals surface area contributed by atoms with Crippen molar-refractivity contribution in [3.8, 4) is 17.7 Å². The van der Waals surface area contributed by atoms with E-state index in [2.05, 4.69) is 30.5 Å². The first-order valence-electron chi connectivity index (χ1n) is 9.37. The molecular formula is C23H23N3O3S. The van der Waals surface area contributed by atoms with E-state index in [1.165, 1.54) is 6.20 Å². The Labute approximate surface area is 177 Å². The lowest BCUT2D eigenvalue weighted by Gasteiger charge is -2.19. The average molecular weight is 422 g/mol. The van der Waals surface area contributed by atoms with Crippen molar-refractivity contribution in [2.24, 2.45) is 0 Å². The molecular weight excluding hydrogens is 398 g/mol. The van der Waals surface area contributed by atoms with Gasteiger partial charge < -0.3 is 4.74 Å². The largest absolute Gasteiger partial charge is 0.438 e. The molecule has 1 aromatic heterocycles. The molecule has 0 spiro atoms. The maximum atomic E-state index is 12.8. The molecule has 0 aliphatic carbocycles. The van der Waals surface area contributed by atoms with E-state index in [1.54, 1.807) is 49.4 Å². The number of aryl methyl sites for hydroxylation is 1. The molecule has 0 bridgehead atoms. The Morgan fingerprint density at radius 2 is 1.77 bits per heavy atom. The Bertz CT molecular complexity index is 1210. The second kappa shape index (κ2) is 8.17. The number of pyridine rings is 1. The number of ether oxygens (including phenoxy) is 1. The first kappa shape index (κ1) is 21.3. The van der Waals surface area contributed by atoms with Crippen molar-refractivity contribution in [2.75, 3.05) is 4.72 Å². The fourth-order valence-corrected chi connectivity index (χ4v) is 3.95. The maximum Gasteiger partial charge on any atom is 0.261 e. The quantitative estimate of drug-likeness (QED) is 0.615. The molecule has 3 rings (SSSR count). The van der Waals surface area contributed by atoms with Crippen LogP contribution in [0.2, 0.25) is 0 Å². The van der Waals surface area contributed by atoms with Crippen LogP contribution >= 0.6 is 0 Å². The number of hydrogen-bond acceptors (Lipinski definition) is 5. The Kier molecular flexibility index (Phi) is 5.81. The van der Waals surface area contributed by atoms with E-state index < -0.39 is 10.0 Å². The fourth-order valence-electron chi connectivity index (χ4n) is 2.82. The van der Waals surface area contributed by atoms with Gasteiger partial charge in [-0.3, -0.25) is 4.72 Å². The van der Waals surface area contributed by atoms with Crippen LogP contribution in [0, 0.1) is 18.3 Å². The van der Waals surface area contributed by atoms with Crippen molar-refractivity contribution in [3.05, 3.63) is 77.5 Å². The topological polar surface area (TPSA) is 92.1 Å². The average Bonchev–Trinajstić information content (AvgIpc) is 2.70. The Hall–Kier alpha value is -3.37. The number of nitrogens with zero attached hydrogens (tertiary/aromatic N) is 2. The van der Waals surface area contributed by atoms with Gasteiger partial charge in [-0.15, -0.1) is 0 Å². The molecule has 0 fully saturated rings. The van der Waals surface area contributed by atoms with E-state index in [1.807, 2.05) is 18.2 Å². The van der Waals surface area contributed by atoms with Gasteiger partial charge in [-0.2, -0.15) is 5.26 Å². The van der Waals surface area contributed by atoms with Crippen molar-refractivity contribution >= 4 is 15.7 Å². The zero-order valence-electron chi connectivity index (χ0n) is 17.3. The standard InChI is InChI=1S/C23H23N3O3S/c1-16-14-19(29-22-17(15-24)6-5-13-25-22)9-12-21(16)26-30(27,28)20-10-7-18(8-11-20)23(2,3)4/h5-14,26H,1-4H3. The number of nitriles is 1. The van der Waals surface area contributed by atoms with Crippen LogP contribution < -0.4 is 9.46 Å². The monoisotopic (exact) mass is 421 g/mol. The normalized spacial score (nSPS) is 11.6. The van der Waals surface area contributed by atoms with Gasteiger partial charge in [-0.25, -0.2) is 13.4 Å². The van der Waals surface area contributed by atoms with Crippen molar-refractivity contribution in [1.29, 1.82) is 5.26 Å². The van der Waals surface area contributed by atoms with Gasteiger partial charge in [-0.05, 0) is 65.9 Å². The number of sulfonamides is 1. The summed E-state index contributed by atoms with van der Waals surface area (Å²) in [7, 11) is -3.73. The number of aromatic nitrogens is 1. The summed E-state index contributed by atoms with van der Waals surface area (Å²) in [6.45, 7) is 8.00. The molecule has 6 nitrogen and oxygen atoms in total. The van der Waals surface area contributed by atoms with Crippen molar-refractivity contribution in [3.63, 3.8) is 0 Å². The fraction of sp³-hybridized carbons (Fsp3) is 0.217. The summed E-state index contributed by atoms with van der Waals surface area (Å²) in [5.41, 5.74) is 2.45. The predicted molar refractivity (Wildman–Crippen MR) is 116 cm³/mol. The number of anilines is 1. The minimum atomic E-state index is -3.73. The summed E-state index contributed by atoms with van der Waals surface area (Å²) in [6, 6.07) is 17.1. The van der Waals surface area contributed by atoms with Crippen molar-refractivity contribution in [2.45, 2.75) is 38.0 Å². The van der Waals surface area contributed by atoms with E-state index in [0.29, 0.717) is 22.6 Å². The summed E-state index contributed by atoms with van der Waals surface area (Å²) in [4.78, 5) is 4.26. The highest BCUT2D eigenvalue weighted by Gasteiger charge is 2.18. The molecule has 0 saturated carbocycles. The minimum absolute atomic E-state index is 0.0544. The van der Waals surface area contributed by atoms with Crippen LogP contribution in [0.5, 0.6) is 11.6 Å². The van der Waals surface area contributed by atoms with Crippen LogP contribution in [0.3, 0.4) is 0 Å². The SMILES string of the molecule is Cc1cc(Oc2ncccc2C#N)ccc1NS(=O)(=O)c1ccc(C(C)(C)C)cc1.